The predicted molar refractivity (Wildman–Crippen MR) is 64.0 cm³/mol. The van der Waals surface area contributed by atoms with Crippen LogP contribution in [-0.2, 0) is 4.74 Å². The van der Waals surface area contributed by atoms with Crippen molar-refractivity contribution in [1.82, 2.24) is 4.98 Å². The van der Waals surface area contributed by atoms with Gasteiger partial charge in [-0.05, 0) is 47.8 Å². The molecule has 1 aliphatic heterocycles. The summed E-state index contributed by atoms with van der Waals surface area (Å²) in [5.41, 5.74) is 1.04. The molecule has 2 atom stereocenters. The largest absolute Gasteiger partial charge is 0.381 e. The molecule has 2 unspecified atom stereocenters. The standard InChI is InChI=1S/C11H15BrN2O/c1-8-2-4-10(15-8)7-13-9-3-5-11(12)14-6-9/h3,5-6,8,10,13H,2,4,7H2,1H3. The first-order valence-corrected chi connectivity index (χ1v) is 6.04. The topological polar surface area (TPSA) is 34.2 Å². The minimum atomic E-state index is 0.351. The van der Waals surface area contributed by atoms with E-state index in [1.165, 1.54) is 6.42 Å². The zero-order valence-corrected chi connectivity index (χ0v) is 10.3. The molecule has 0 bridgehead atoms. The molecule has 0 spiro atoms. The predicted octanol–water partition coefficient (Wildman–Crippen LogP) is 2.82. The highest BCUT2D eigenvalue weighted by atomic mass is 79.9. The molecule has 82 valence electrons. The van der Waals surface area contributed by atoms with Gasteiger partial charge in [-0.25, -0.2) is 4.98 Å². The highest BCUT2D eigenvalue weighted by Gasteiger charge is 2.21. The van der Waals surface area contributed by atoms with E-state index in [1.54, 1.807) is 0 Å². The fraction of sp³-hybridized carbons (Fsp3) is 0.545. The summed E-state index contributed by atoms with van der Waals surface area (Å²) in [5.74, 6) is 0. The van der Waals surface area contributed by atoms with Gasteiger partial charge in [0.05, 0.1) is 24.1 Å². The Morgan fingerprint density at radius 3 is 3.00 bits per heavy atom. The van der Waals surface area contributed by atoms with Crippen molar-refractivity contribution in [1.29, 1.82) is 0 Å². The lowest BCUT2D eigenvalue weighted by molar-refractivity contribution is 0.0637. The van der Waals surface area contributed by atoms with E-state index in [9.17, 15) is 0 Å². The summed E-state index contributed by atoms with van der Waals surface area (Å²) >= 11 is 3.31. The SMILES string of the molecule is CC1CCC(CNc2ccc(Br)nc2)O1. The third-order valence-corrected chi connectivity index (χ3v) is 3.05. The van der Waals surface area contributed by atoms with Crippen molar-refractivity contribution in [2.45, 2.75) is 32.0 Å². The normalized spacial score (nSPS) is 25.5. The second-order valence-electron chi connectivity index (χ2n) is 3.90. The molecule has 0 aliphatic carbocycles. The van der Waals surface area contributed by atoms with E-state index in [0.29, 0.717) is 12.2 Å². The summed E-state index contributed by atoms with van der Waals surface area (Å²) in [5, 5.41) is 3.33. The maximum atomic E-state index is 5.71. The Kier molecular flexibility index (Phi) is 3.59. The van der Waals surface area contributed by atoms with Gasteiger partial charge in [0, 0.05) is 6.54 Å². The van der Waals surface area contributed by atoms with Crippen LogP contribution in [0.25, 0.3) is 0 Å². The molecule has 0 saturated carbocycles. The molecule has 1 aromatic heterocycles. The highest BCUT2D eigenvalue weighted by molar-refractivity contribution is 9.10. The third kappa shape index (κ3) is 3.18. The highest BCUT2D eigenvalue weighted by Crippen LogP contribution is 2.19. The summed E-state index contributed by atoms with van der Waals surface area (Å²) in [6, 6.07) is 3.94. The van der Waals surface area contributed by atoms with Gasteiger partial charge in [0.25, 0.3) is 0 Å². The van der Waals surface area contributed by atoms with Gasteiger partial charge < -0.3 is 10.1 Å². The van der Waals surface area contributed by atoms with E-state index >= 15 is 0 Å². The molecule has 0 radical (unpaired) electrons. The van der Waals surface area contributed by atoms with Crippen molar-refractivity contribution in [3.05, 3.63) is 22.9 Å². The number of hydrogen-bond acceptors (Lipinski definition) is 3. The van der Waals surface area contributed by atoms with Crippen LogP contribution in [0.3, 0.4) is 0 Å². The Bertz CT molecular complexity index is 315. The van der Waals surface area contributed by atoms with E-state index in [2.05, 4.69) is 33.2 Å². The molecule has 3 nitrogen and oxygen atoms in total. The first kappa shape index (κ1) is 10.9. The number of anilines is 1. The van der Waals surface area contributed by atoms with Gasteiger partial charge in [-0.3, -0.25) is 0 Å². The number of nitrogens with zero attached hydrogens (tertiary/aromatic N) is 1. The van der Waals surface area contributed by atoms with Gasteiger partial charge in [-0.2, -0.15) is 0 Å². The Hall–Kier alpha value is -0.610. The number of rotatable bonds is 3. The van der Waals surface area contributed by atoms with Crippen LogP contribution in [0, 0.1) is 0 Å². The molecule has 1 fully saturated rings. The molecular formula is C11H15BrN2O. The van der Waals surface area contributed by atoms with Crippen LogP contribution in [0.2, 0.25) is 0 Å². The van der Waals surface area contributed by atoms with Gasteiger partial charge in [-0.1, -0.05) is 0 Å². The van der Waals surface area contributed by atoms with Crippen LogP contribution in [0.4, 0.5) is 5.69 Å². The lowest BCUT2D eigenvalue weighted by Crippen LogP contribution is -2.19. The van der Waals surface area contributed by atoms with Crippen molar-refractivity contribution in [3.63, 3.8) is 0 Å². The zero-order valence-electron chi connectivity index (χ0n) is 8.74. The van der Waals surface area contributed by atoms with Crippen LogP contribution in [0.1, 0.15) is 19.8 Å². The maximum Gasteiger partial charge on any atom is 0.106 e. The molecule has 1 N–H and O–H groups in total. The number of aromatic nitrogens is 1. The number of ether oxygens (including phenoxy) is 1. The molecule has 0 amide bonds. The van der Waals surface area contributed by atoms with E-state index in [-0.39, 0.29) is 0 Å². The maximum absolute atomic E-state index is 5.71. The van der Waals surface area contributed by atoms with Crippen molar-refractivity contribution in [3.8, 4) is 0 Å². The van der Waals surface area contributed by atoms with Crippen LogP contribution >= 0.6 is 15.9 Å². The average molecular weight is 271 g/mol. The molecule has 4 heteroatoms. The molecule has 2 rings (SSSR count). The van der Waals surface area contributed by atoms with Gasteiger partial charge in [0.1, 0.15) is 4.60 Å². The lowest BCUT2D eigenvalue weighted by Gasteiger charge is -2.12. The van der Waals surface area contributed by atoms with Crippen molar-refractivity contribution < 1.29 is 4.74 Å². The molecule has 1 aromatic rings. The third-order valence-electron chi connectivity index (χ3n) is 2.58. The minimum absolute atomic E-state index is 0.351. The molecule has 2 heterocycles. The van der Waals surface area contributed by atoms with E-state index in [0.717, 1.165) is 23.3 Å². The smallest absolute Gasteiger partial charge is 0.106 e. The Morgan fingerprint density at radius 1 is 1.53 bits per heavy atom. The monoisotopic (exact) mass is 270 g/mol. The first-order chi connectivity index (χ1) is 7.24. The quantitative estimate of drug-likeness (QED) is 0.858. The lowest BCUT2D eigenvalue weighted by atomic mass is 10.2. The van der Waals surface area contributed by atoms with E-state index in [4.69, 9.17) is 4.74 Å². The number of nitrogens with one attached hydrogen (secondary N) is 1. The minimum Gasteiger partial charge on any atom is -0.381 e. The summed E-state index contributed by atoms with van der Waals surface area (Å²) in [6.45, 7) is 2.99. The van der Waals surface area contributed by atoms with Crippen LogP contribution in [0.5, 0.6) is 0 Å². The van der Waals surface area contributed by atoms with E-state index in [1.807, 2.05) is 18.3 Å². The van der Waals surface area contributed by atoms with Crippen LogP contribution in [-0.4, -0.2) is 23.7 Å². The summed E-state index contributed by atoms with van der Waals surface area (Å²) < 4.78 is 6.57. The van der Waals surface area contributed by atoms with Crippen molar-refractivity contribution in [2.75, 3.05) is 11.9 Å². The van der Waals surface area contributed by atoms with Crippen LogP contribution in [0.15, 0.2) is 22.9 Å². The van der Waals surface area contributed by atoms with Gasteiger partial charge >= 0.3 is 0 Å². The molecule has 0 aromatic carbocycles. The van der Waals surface area contributed by atoms with Gasteiger partial charge in [0.2, 0.25) is 0 Å². The second-order valence-corrected chi connectivity index (χ2v) is 4.71. The first-order valence-electron chi connectivity index (χ1n) is 5.25. The summed E-state index contributed by atoms with van der Waals surface area (Å²) in [4.78, 5) is 4.15. The summed E-state index contributed by atoms with van der Waals surface area (Å²) in [7, 11) is 0. The van der Waals surface area contributed by atoms with Gasteiger partial charge in [0.15, 0.2) is 0 Å². The molecule has 1 saturated heterocycles. The second kappa shape index (κ2) is 4.94. The fourth-order valence-electron chi connectivity index (χ4n) is 1.75. The van der Waals surface area contributed by atoms with E-state index < -0.39 is 0 Å². The zero-order chi connectivity index (χ0) is 10.7. The molecular weight excluding hydrogens is 256 g/mol. The molecule has 15 heavy (non-hydrogen) atoms. The van der Waals surface area contributed by atoms with Gasteiger partial charge in [-0.15, -0.1) is 0 Å². The fourth-order valence-corrected chi connectivity index (χ4v) is 1.98. The Labute approximate surface area is 98.4 Å². The average Bonchev–Trinajstić information content (AvgIpc) is 2.64. The summed E-state index contributed by atoms with van der Waals surface area (Å²) in [6.07, 6.45) is 4.91. The number of pyridine rings is 1. The molecule has 1 aliphatic rings. The Balaban J connectivity index is 1.80. The Morgan fingerprint density at radius 2 is 2.40 bits per heavy atom. The number of halogens is 1. The van der Waals surface area contributed by atoms with Crippen LogP contribution < -0.4 is 5.32 Å². The van der Waals surface area contributed by atoms with Crippen molar-refractivity contribution in [2.24, 2.45) is 0 Å². The number of hydrogen-bond donors (Lipinski definition) is 1. The van der Waals surface area contributed by atoms with Crippen molar-refractivity contribution >= 4 is 21.6 Å².